The van der Waals surface area contributed by atoms with Gasteiger partial charge < -0.3 is 19.9 Å². The lowest BCUT2D eigenvalue weighted by molar-refractivity contribution is -0.125. The van der Waals surface area contributed by atoms with Crippen LogP contribution in [0.5, 0.6) is 5.75 Å². The highest BCUT2D eigenvalue weighted by molar-refractivity contribution is 7.90. The van der Waals surface area contributed by atoms with Gasteiger partial charge in [0, 0.05) is 80.4 Å². The lowest BCUT2D eigenvalue weighted by atomic mass is 10.00. The van der Waals surface area contributed by atoms with Crippen molar-refractivity contribution < 1.29 is 49.9 Å². The average molecular weight is 901 g/mol. The maximum atomic E-state index is 15.7. The van der Waals surface area contributed by atoms with E-state index in [0.717, 1.165) is 27.4 Å². The van der Waals surface area contributed by atoms with Gasteiger partial charge in [0.2, 0.25) is 11.7 Å². The minimum atomic E-state index is -4.38. The van der Waals surface area contributed by atoms with E-state index in [9.17, 15) is 32.0 Å². The summed E-state index contributed by atoms with van der Waals surface area (Å²) in [5.41, 5.74) is 0.547. The van der Waals surface area contributed by atoms with Crippen LogP contribution < -0.4 is 19.7 Å². The van der Waals surface area contributed by atoms with Crippen LogP contribution in [0.25, 0.3) is 22.2 Å². The number of carbonyl (C=O) groups excluding carboxylic acids is 4. The monoisotopic (exact) mass is 900 g/mol. The summed E-state index contributed by atoms with van der Waals surface area (Å²) in [4.78, 5) is 64.8. The number of anilines is 2. The molecule has 332 valence electrons. The zero-order valence-electron chi connectivity index (χ0n) is 34.0. The first-order chi connectivity index (χ1) is 30.7. The number of allylic oxidation sites excluding steroid dienone is 1. The first kappa shape index (κ1) is 42.7. The molecule has 0 spiro atoms. The van der Waals surface area contributed by atoms with Gasteiger partial charge in [0.15, 0.2) is 5.82 Å². The van der Waals surface area contributed by atoms with E-state index in [4.69, 9.17) is 4.74 Å². The van der Waals surface area contributed by atoms with Gasteiger partial charge in [0.05, 0.1) is 28.1 Å². The highest BCUT2D eigenvalue weighted by atomic mass is 32.2. The van der Waals surface area contributed by atoms with Gasteiger partial charge in [-0.25, -0.2) is 22.5 Å². The Labute approximate surface area is 363 Å². The van der Waals surface area contributed by atoms with Gasteiger partial charge in [-0.1, -0.05) is 18.7 Å². The van der Waals surface area contributed by atoms with Crippen LogP contribution in [0.3, 0.4) is 0 Å². The summed E-state index contributed by atoms with van der Waals surface area (Å²) in [7, 11) is -4.38. The number of benzene rings is 3. The number of hydrogen-bond donors (Lipinski definition) is 3. The van der Waals surface area contributed by atoms with Crippen molar-refractivity contribution in [2.75, 3.05) is 62.0 Å². The summed E-state index contributed by atoms with van der Waals surface area (Å²) in [5, 5.41) is 2.86. The Balaban J connectivity index is 0.804. The maximum Gasteiger partial charge on any atom is 0.301 e. The molecule has 0 radical (unpaired) electrons. The summed E-state index contributed by atoms with van der Waals surface area (Å²) in [6, 6.07) is 11.9. The normalized spacial score (nSPS) is 19.7. The van der Waals surface area contributed by atoms with Crippen molar-refractivity contribution in [1.29, 1.82) is 0 Å². The molecule has 4 aliphatic heterocycles. The number of aromatic amines is 1. The molecule has 0 aliphatic carbocycles. The summed E-state index contributed by atoms with van der Waals surface area (Å²) < 4.78 is 94.3. The Morgan fingerprint density at radius 2 is 1.64 bits per heavy atom. The lowest BCUT2D eigenvalue weighted by Gasteiger charge is -2.36. The van der Waals surface area contributed by atoms with Crippen molar-refractivity contribution in [3.8, 4) is 16.9 Å². The standard InChI is InChI=1S/C44H40F4N8O7S/c1-24-2-9-36(42(58)51-24)56-43(59)30-19-34(47)37(20-31(30)44(56)60)54-14-12-53(13-15-54)16-17-63-28-5-3-25(4-6-28)26-18-29-32(22-50-41(29)49-21-26)40(57)38-33(46)7-8-35(39(38)48)52-64(61,62)55-11-10-27(45)23-55/h3-8,18-22,27,36,52H,1-2,9-17,23H2,(H,49,50)(H,51,58)/t27-,36?/m1/s1. The predicted octanol–water partition coefficient (Wildman–Crippen LogP) is 5.17. The Morgan fingerprint density at radius 3 is 2.34 bits per heavy atom. The number of rotatable bonds is 12. The average Bonchev–Trinajstić information content (AvgIpc) is 3.98. The molecule has 6 heterocycles. The molecule has 0 saturated carbocycles. The van der Waals surface area contributed by atoms with Crippen molar-refractivity contribution in [3.63, 3.8) is 0 Å². The van der Waals surface area contributed by atoms with Crippen LogP contribution >= 0.6 is 0 Å². The number of ketones is 1. The molecule has 64 heavy (non-hydrogen) atoms. The van der Waals surface area contributed by atoms with E-state index in [1.807, 2.05) is 9.62 Å². The van der Waals surface area contributed by atoms with Gasteiger partial charge in [-0.05, 0) is 67.3 Å². The van der Waals surface area contributed by atoms with Crippen molar-refractivity contribution in [2.45, 2.75) is 31.5 Å². The number of imide groups is 1. The fourth-order valence-electron chi connectivity index (χ4n) is 8.48. The third kappa shape index (κ3) is 7.96. The van der Waals surface area contributed by atoms with Gasteiger partial charge >= 0.3 is 10.2 Å². The van der Waals surface area contributed by atoms with Crippen molar-refractivity contribution in [3.05, 3.63) is 119 Å². The first-order valence-electron chi connectivity index (χ1n) is 20.5. The van der Waals surface area contributed by atoms with Crippen LogP contribution in [0.15, 0.2) is 79.3 Å². The molecule has 3 aromatic carbocycles. The molecule has 3 saturated heterocycles. The number of ether oxygens (including phenoxy) is 1. The Hall–Kier alpha value is -6.64. The topological polar surface area (TPSA) is 177 Å². The zero-order valence-corrected chi connectivity index (χ0v) is 34.8. The molecule has 2 aromatic heterocycles. The van der Waals surface area contributed by atoms with E-state index in [0.29, 0.717) is 68.3 Å². The Bertz CT molecular complexity index is 2870. The molecule has 2 atom stereocenters. The number of halogens is 4. The number of alkyl halides is 1. The lowest BCUT2D eigenvalue weighted by Crippen LogP contribution is -2.51. The fourth-order valence-corrected chi connectivity index (χ4v) is 9.75. The smallest absolute Gasteiger partial charge is 0.301 e. The molecule has 3 fully saturated rings. The number of hydrogen-bond acceptors (Lipinski definition) is 10. The number of pyridine rings is 1. The number of piperazine rings is 1. The van der Waals surface area contributed by atoms with Gasteiger partial charge in [0.1, 0.15) is 41.9 Å². The molecule has 5 aromatic rings. The van der Waals surface area contributed by atoms with Gasteiger partial charge in [-0.15, -0.1) is 0 Å². The quantitative estimate of drug-likeness (QED) is 0.0861. The van der Waals surface area contributed by atoms with Crippen molar-refractivity contribution in [2.24, 2.45) is 0 Å². The molecule has 0 bridgehead atoms. The second kappa shape index (κ2) is 16.8. The number of piperidine rings is 1. The van der Waals surface area contributed by atoms with E-state index < -0.39 is 81.2 Å². The van der Waals surface area contributed by atoms with Crippen LogP contribution in [0.4, 0.5) is 28.9 Å². The largest absolute Gasteiger partial charge is 0.492 e. The van der Waals surface area contributed by atoms with E-state index >= 15 is 13.2 Å². The minimum Gasteiger partial charge on any atom is -0.492 e. The van der Waals surface area contributed by atoms with Crippen LogP contribution in [-0.2, 0) is 15.0 Å². The number of amides is 3. The molecule has 1 unspecified atom stereocenters. The summed E-state index contributed by atoms with van der Waals surface area (Å²) in [5.74, 6) is -5.54. The van der Waals surface area contributed by atoms with E-state index in [1.54, 1.807) is 36.5 Å². The summed E-state index contributed by atoms with van der Waals surface area (Å²) in [6.07, 6.45) is 2.11. The Morgan fingerprint density at radius 1 is 0.906 bits per heavy atom. The van der Waals surface area contributed by atoms with Crippen molar-refractivity contribution in [1.82, 2.24) is 29.4 Å². The van der Waals surface area contributed by atoms with Crippen LogP contribution in [0.2, 0.25) is 0 Å². The minimum absolute atomic E-state index is 0.0158. The number of carbonyl (C=O) groups is 4. The SMILES string of the molecule is C=C1CCC(N2C(=O)c3cc(F)c(N4CCN(CCOc5ccc(-c6cnc7[nH]cc(C(=O)c8c(F)ccc(NS(=O)(=O)N9CC[C@@H](F)C9)c8F)c7c6)cc5)CC4)cc3C2=O)C(=O)N1. The van der Waals surface area contributed by atoms with E-state index in [2.05, 4.69) is 26.8 Å². The third-order valence-corrected chi connectivity index (χ3v) is 13.5. The second-order valence-corrected chi connectivity index (χ2v) is 17.6. The first-order valence-corrected chi connectivity index (χ1v) is 21.9. The molecule has 15 nitrogen and oxygen atoms in total. The summed E-state index contributed by atoms with van der Waals surface area (Å²) >= 11 is 0. The van der Waals surface area contributed by atoms with Crippen molar-refractivity contribution >= 4 is 56.1 Å². The molecular formula is C44H40F4N8O7S. The molecule has 3 amide bonds. The molecular weight excluding hydrogens is 861 g/mol. The number of aromatic nitrogens is 2. The molecule has 3 N–H and O–H groups in total. The zero-order chi connectivity index (χ0) is 45.0. The molecule has 9 rings (SSSR count). The third-order valence-electron chi connectivity index (χ3n) is 12.0. The van der Waals surface area contributed by atoms with E-state index in [1.165, 1.54) is 12.3 Å². The summed E-state index contributed by atoms with van der Waals surface area (Å²) in [6.45, 7) is 6.18. The number of fused-ring (bicyclic) bond motifs is 2. The number of H-pyrrole nitrogens is 1. The highest BCUT2D eigenvalue weighted by Crippen LogP contribution is 2.35. The predicted molar refractivity (Wildman–Crippen MR) is 226 cm³/mol. The van der Waals surface area contributed by atoms with Crippen LogP contribution in [0.1, 0.15) is 55.9 Å². The van der Waals surface area contributed by atoms with Crippen LogP contribution in [0, 0.1) is 17.5 Å². The van der Waals surface area contributed by atoms with Gasteiger partial charge in [-0.3, -0.25) is 33.7 Å². The van der Waals surface area contributed by atoms with Gasteiger partial charge in [-0.2, -0.15) is 12.7 Å². The highest BCUT2D eigenvalue weighted by Gasteiger charge is 2.45. The number of nitrogens with one attached hydrogen (secondary N) is 3. The fraction of sp³-hybridized carbons (Fsp3) is 0.295. The molecule has 20 heteroatoms. The number of nitrogens with zero attached hydrogens (tertiary/aromatic N) is 5. The molecule has 4 aliphatic rings. The second-order valence-electron chi connectivity index (χ2n) is 16.0. The van der Waals surface area contributed by atoms with Gasteiger partial charge in [0.25, 0.3) is 11.8 Å². The van der Waals surface area contributed by atoms with Crippen LogP contribution in [-0.4, -0.2) is 121 Å². The maximum absolute atomic E-state index is 15.7. The Kier molecular flexibility index (Phi) is 11.2. The van der Waals surface area contributed by atoms with E-state index in [-0.39, 0.29) is 52.8 Å².